The van der Waals surface area contributed by atoms with Crippen molar-refractivity contribution in [2.75, 3.05) is 11.9 Å². The zero-order valence-corrected chi connectivity index (χ0v) is 15.9. The van der Waals surface area contributed by atoms with Gasteiger partial charge >= 0.3 is 6.09 Å². The van der Waals surface area contributed by atoms with Crippen molar-refractivity contribution in [3.63, 3.8) is 0 Å². The smallest absolute Gasteiger partial charge is 0.407 e. The molecule has 0 radical (unpaired) electrons. The van der Waals surface area contributed by atoms with E-state index in [4.69, 9.17) is 5.26 Å². The number of amides is 1. The zero-order chi connectivity index (χ0) is 19.5. The molecule has 3 N–H and O–H groups in total. The number of nitriles is 1. The third kappa shape index (κ3) is 2.84. The van der Waals surface area contributed by atoms with E-state index in [1.54, 1.807) is 17.0 Å². The minimum absolute atomic E-state index is 0.0493. The van der Waals surface area contributed by atoms with Crippen LogP contribution >= 0.6 is 0 Å². The van der Waals surface area contributed by atoms with Crippen LogP contribution in [0.1, 0.15) is 44.1 Å². The Kier molecular flexibility index (Phi) is 4.06. The van der Waals surface area contributed by atoms with Gasteiger partial charge in [0.15, 0.2) is 0 Å². The zero-order valence-electron chi connectivity index (χ0n) is 15.9. The van der Waals surface area contributed by atoms with E-state index in [1.807, 2.05) is 12.1 Å². The molecule has 4 bridgehead atoms. The summed E-state index contributed by atoms with van der Waals surface area (Å²) in [5, 5.41) is 33.3. The van der Waals surface area contributed by atoms with Crippen LogP contribution in [0.3, 0.4) is 0 Å². The van der Waals surface area contributed by atoms with Crippen molar-refractivity contribution in [3.8, 4) is 6.07 Å². The summed E-state index contributed by atoms with van der Waals surface area (Å²) >= 11 is 0. The summed E-state index contributed by atoms with van der Waals surface area (Å²) in [4.78, 5) is 13.7. The molecule has 6 nitrogen and oxygen atoms in total. The number of hydrogen-bond donors (Lipinski definition) is 3. The Morgan fingerprint density at radius 2 is 1.86 bits per heavy atom. The summed E-state index contributed by atoms with van der Waals surface area (Å²) < 4.78 is 0. The molecule has 1 aliphatic heterocycles. The van der Waals surface area contributed by atoms with Gasteiger partial charge in [-0.3, -0.25) is 0 Å². The molecule has 1 amide bonds. The van der Waals surface area contributed by atoms with Crippen LogP contribution in [0.15, 0.2) is 24.3 Å². The highest BCUT2D eigenvalue weighted by Crippen LogP contribution is 2.60. The summed E-state index contributed by atoms with van der Waals surface area (Å²) in [6.45, 7) is 0.553. The van der Waals surface area contributed by atoms with Crippen LogP contribution in [0.2, 0.25) is 0 Å². The maximum Gasteiger partial charge on any atom is 0.407 e. The van der Waals surface area contributed by atoms with E-state index in [0.29, 0.717) is 35.8 Å². The molecule has 28 heavy (non-hydrogen) atoms. The Hall–Kier alpha value is -2.26. The molecular weight excluding hydrogens is 354 g/mol. The maximum atomic E-state index is 12.0. The van der Waals surface area contributed by atoms with Crippen LogP contribution in [-0.2, 0) is 0 Å². The van der Waals surface area contributed by atoms with Crippen LogP contribution in [-0.4, -0.2) is 45.4 Å². The van der Waals surface area contributed by atoms with E-state index < -0.39 is 11.7 Å². The lowest BCUT2D eigenvalue weighted by molar-refractivity contribution is -0.162. The van der Waals surface area contributed by atoms with Crippen molar-refractivity contribution >= 4 is 11.8 Å². The molecule has 6 rings (SSSR count). The molecule has 5 unspecified atom stereocenters. The predicted molar refractivity (Wildman–Crippen MR) is 104 cm³/mol. The monoisotopic (exact) mass is 381 g/mol. The fourth-order valence-corrected chi connectivity index (χ4v) is 7.11. The molecule has 4 saturated carbocycles. The molecule has 7 atom stereocenters. The molecule has 5 aliphatic rings. The minimum Gasteiger partial charge on any atom is -0.465 e. The number of hydrogen-bond acceptors (Lipinski definition) is 4. The van der Waals surface area contributed by atoms with Gasteiger partial charge < -0.3 is 20.4 Å². The van der Waals surface area contributed by atoms with E-state index in [1.165, 1.54) is 0 Å². The van der Waals surface area contributed by atoms with Gasteiger partial charge in [-0.25, -0.2) is 4.79 Å². The number of benzene rings is 1. The Morgan fingerprint density at radius 3 is 2.43 bits per heavy atom. The average molecular weight is 381 g/mol. The Balaban J connectivity index is 1.42. The number of aliphatic hydroxyl groups is 1. The van der Waals surface area contributed by atoms with Gasteiger partial charge in [0.25, 0.3) is 0 Å². The normalized spacial score (nSPS) is 41.1. The fraction of sp³-hybridized carbons (Fsp3) is 0.636. The molecule has 6 heteroatoms. The van der Waals surface area contributed by atoms with Crippen molar-refractivity contribution in [2.24, 2.45) is 23.7 Å². The SMILES string of the molecule is N#Cc1ccc(NC2CCN(C(=O)O)[C@@H]2C2C3CC4C[C@H]2CC(O)(C4)C3)cc1. The van der Waals surface area contributed by atoms with Gasteiger partial charge in [-0.05, 0) is 86.5 Å². The predicted octanol–water partition coefficient (Wildman–Crippen LogP) is 3.28. The average Bonchev–Trinajstić information content (AvgIpc) is 3.04. The Morgan fingerprint density at radius 1 is 1.18 bits per heavy atom. The molecule has 0 aromatic heterocycles. The largest absolute Gasteiger partial charge is 0.465 e. The summed E-state index contributed by atoms with van der Waals surface area (Å²) in [5.41, 5.74) is 1.05. The van der Waals surface area contributed by atoms with Crippen molar-refractivity contribution in [1.82, 2.24) is 4.90 Å². The van der Waals surface area contributed by atoms with Crippen LogP contribution in [0.5, 0.6) is 0 Å². The van der Waals surface area contributed by atoms with Gasteiger partial charge in [0, 0.05) is 18.3 Å². The quantitative estimate of drug-likeness (QED) is 0.747. The van der Waals surface area contributed by atoms with E-state index >= 15 is 0 Å². The number of rotatable bonds is 3. The number of likely N-dealkylation sites (tertiary alicyclic amines) is 1. The number of nitrogens with zero attached hydrogens (tertiary/aromatic N) is 2. The molecule has 4 aliphatic carbocycles. The number of nitrogens with one attached hydrogen (secondary N) is 1. The third-order valence-corrected chi connectivity index (χ3v) is 7.77. The summed E-state index contributed by atoms with van der Waals surface area (Å²) in [5.74, 6) is 1.78. The molecule has 1 aromatic rings. The van der Waals surface area contributed by atoms with E-state index in [9.17, 15) is 15.0 Å². The van der Waals surface area contributed by atoms with Crippen molar-refractivity contribution in [3.05, 3.63) is 29.8 Å². The number of anilines is 1. The number of carboxylic acid groups (broad SMARTS) is 1. The van der Waals surface area contributed by atoms with Gasteiger partial charge in [-0.1, -0.05) is 0 Å². The van der Waals surface area contributed by atoms with Gasteiger partial charge in [0.05, 0.1) is 23.3 Å². The van der Waals surface area contributed by atoms with E-state index in [0.717, 1.165) is 44.2 Å². The highest BCUT2D eigenvalue weighted by Gasteiger charge is 2.59. The van der Waals surface area contributed by atoms with Crippen LogP contribution in [0.25, 0.3) is 0 Å². The van der Waals surface area contributed by atoms with Crippen LogP contribution in [0.4, 0.5) is 10.5 Å². The van der Waals surface area contributed by atoms with E-state index in [2.05, 4.69) is 11.4 Å². The molecule has 1 heterocycles. The summed E-state index contributed by atoms with van der Waals surface area (Å²) in [6, 6.07) is 9.54. The Labute approximate surface area is 165 Å². The highest BCUT2D eigenvalue weighted by atomic mass is 16.4. The molecule has 5 fully saturated rings. The standard InChI is InChI=1S/C22H27N3O3/c23-12-13-1-3-17(4-2-13)24-18-5-6-25(21(26)27)20(18)19-15-7-14-8-16(19)11-22(28,9-14)10-15/h1-4,14-16,18-20,24,28H,5-11H2,(H,26,27)/t14?,15-,16?,18?,19?,20-,22?/m0/s1. The molecule has 148 valence electrons. The van der Waals surface area contributed by atoms with Crippen LogP contribution < -0.4 is 5.32 Å². The van der Waals surface area contributed by atoms with Gasteiger partial charge in [-0.2, -0.15) is 5.26 Å². The summed E-state index contributed by atoms with van der Waals surface area (Å²) in [7, 11) is 0. The lowest BCUT2D eigenvalue weighted by atomic mass is 9.48. The minimum atomic E-state index is -0.832. The van der Waals surface area contributed by atoms with Crippen LogP contribution in [0, 0.1) is 35.0 Å². The van der Waals surface area contributed by atoms with Gasteiger partial charge in [0.1, 0.15) is 0 Å². The van der Waals surface area contributed by atoms with Gasteiger partial charge in [-0.15, -0.1) is 0 Å². The molecule has 1 saturated heterocycles. The summed E-state index contributed by atoms with van der Waals surface area (Å²) in [6.07, 6.45) is 4.83. The first-order chi connectivity index (χ1) is 13.5. The lowest BCUT2D eigenvalue weighted by Crippen LogP contribution is -2.61. The maximum absolute atomic E-state index is 12.0. The topological polar surface area (TPSA) is 96.6 Å². The second kappa shape index (κ2) is 6.38. The molecule has 1 aromatic carbocycles. The van der Waals surface area contributed by atoms with Crippen molar-refractivity contribution in [1.29, 1.82) is 5.26 Å². The first-order valence-electron chi connectivity index (χ1n) is 10.4. The first-order valence-corrected chi connectivity index (χ1v) is 10.4. The lowest BCUT2D eigenvalue weighted by Gasteiger charge is -2.60. The first kappa shape index (κ1) is 17.8. The number of carbonyl (C=O) groups is 1. The third-order valence-electron chi connectivity index (χ3n) is 7.77. The van der Waals surface area contributed by atoms with Crippen molar-refractivity contribution in [2.45, 2.75) is 56.2 Å². The second-order valence-corrected chi connectivity index (χ2v) is 9.47. The molecular formula is C22H27N3O3. The fourth-order valence-electron chi connectivity index (χ4n) is 7.11. The van der Waals surface area contributed by atoms with Crippen molar-refractivity contribution < 1.29 is 15.0 Å². The van der Waals surface area contributed by atoms with E-state index in [-0.39, 0.29) is 12.1 Å². The Bertz CT molecular complexity index is 801. The van der Waals surface area contributed by atoms with Gasteiger partial charge in [0.2, 0.25) is 0 Å². The molecule has 0 spiro atoms. The second-order valence-electron chi connectivity index (χ2n) is 9.47. The highest BCUT2D eigenvalue weighted by molar-refractivity contribution is 5.66.